The molecule has 1 aliphatic rings. The van der Waals surface area contributed by atoms with Gasteiger partial charge in [-0.05, 0) is 49.6 Å². The van der Waals surface area contributed by atoms with E-state index in [0.717, 1.165) is 31.2 Å². The molecule has 1 unspecified atom stereocenters. The second-order valence-corrected chi connectivity index (χ2v) is 14.2. The van der Waals surface area contributed by atoms with E-state index in [0.29, 0.717) is 54.4 Å². The van der Waals surface area contributed by atoms with E-state index >= 15 is 0 Å². The molecule has 1 N–H and O–H groups in total. The van der Waals surface area contributed by atoms with Crippen LogP contribution in [0, 0.1) is 13.8 Å². The molecule has 1 aliphatic heterocycles. The van der Waals surface area contributed by atoms with Gasteiger partial charge in [0.05, 0.1) is 40.9 Å². The van der Waals surface area contributed by atoms with Crippen molar-refractivity contribution in [2.24, 2.45) is 0 Å². The summed E-state index contributed by atoms with van der Waals surface area (Å²) in [5.74, 6) is -0.281. The zero-order valence-corrected chi connectivity index (χ0v) is 28.5. The van der Waals surface area contributed by atoms with Gasteiger partial charge in [0.2, 0.25) is 10.9 Å². The third-order valence-electron chi connectivity index (χ3n) is 7.23. The summed E-state index contributed by atoms with van der Waals surface area (Å²) in [4.78, 5) is 33.8. The number of carbonyl (C=O) groups excluding carboxylic acids is 2. The van der Waals surface area contributed by atoms with Crippen molar-refractivity contribution in [3.63, 3.8) is 0 Å². The summed E-state index contributed by atoms with van der Waals surface area (Å²) < 4.78 is 12.3. The molecule has 4 aromatic rings. The van der Waals surface area contributed by atoms with E-state index in [1.165, 1.54) is 46.4 Å². The Morgan fingerprint density at radius 3 is 2.60 bits per heavy atom. The maximum Gasteiger partial charge on any atom is 0.296 e. The highest BCUT2D eigenvalue weighted by molar-refractivity contribution is 8.00. The lowest BCUT2D eigenvalue weighted by molar-refractivity contribution is -0.117. The number of ketones is 1. The normalized spacial score (nSPS) is 14.8. The minimum atomic E-state index is -0.992. The highest BCUT2D eigenvalue weighted by atomic mass is 35.5. The number of benzene rings is 2. The van der Waals surface area contributed by atoms with Gasteiger partial charge in [-0.15, -0.1) is 21.5 Å². The average molecular weight is 685 g/mol. The minimum Gasteiger partial charge on any atom is -0.503 e. The van der Waals surface area contributed by atoms with Crippen LogP contribution < -0.4 is 14.4 Å². The summed E-state index contributed by atoms with van der Waals surface area (Å²) >= 11 is 10.2. The minimum absolute atomic E-state index is 0.0532. The molecule has 1 atom stereocenters. The number of rotatable bonds is 14. The first-order valence-corrected chi connectivity index (χ1v) is 17.5. The molecule has 1 amide bonds. The van der Waals surface area contributed by atoms with E-state index in [1.54, 1.807) is 32.0 Å². The Morgan fingerprint density at radius 1 is 1.09 bits per heavy atom. The number of carbonyl (C=O) groups is 2. The van der Waals surface area contributed by atoms with Gasteiger partial charge in [-0.2, -0.15) is 0 Å². The summed E-state index contributed by atoms with van der Waals surface area (Å²) in [6.07, 6.45) is 4.26. The first-order valence-electron chi connectivity index (χ1n) is 14.5. The molecule has 9 nitrogen and oxygen atoms in total. The number of thiazole rings is 1. The van der Waals surface area contributed by atoms with E-state index in [1.807, 2.05) is 24.3 Å². The van der Waals surface area contributed by atoms with Crippen LogP contribution in [-0.4, -0.2) is 45.7 Å². The molecule has 2 aromatic carbocycles. The number of aryl methyl sites for hydroxylation is 2. The van der Waals surface area contributed by atoms with Crippen molar-refractivity contribution in [2.45, 2.75) is 62.6 Å². The Bertz CT molecular complexity index is 1740. The van der Waals surface area contributed by atoms with Crippen LogP contribution in [0.15, 0.2) is 58.1 Å². The van der Waals surface area contributed by atoms with Gasteiger partial charge < -0.3 is 14.6 Å². The summed E-state index contributed by atoms with van der Waals surface area (Å²) in [5.41, 5.74) is 1.97. The van der Waals surface area contributed by atoms with Crippen LogP contribution in [0.25, 0.3) is 0 Å². The number of Topliss-reactive ketones (excluding diaryl/α,β-unsaturated/α-hetero) is 1. The third-order valence-corrected chi connectivity index (χ3v) is 10.8. The number of methoxy groups -OCH3 is 1. The number of aliphatic hydroxyl groups excluding tert-OH is 1. The lowest BCUT2D eigenvalue weighted by Crippen LogP contribution is -2.31. The van der Waals surface area contributed by atoms with Crippen LogP contribution in [0.3, 0.4) is 0 Å². The predicted molar refractivity (Wildman–Crippen MR) is 179 cm³/mol. The van der Waals surface area contributed by atoms with Gasteiger partial charge in [-0.1, -0.05) is 85.2 Å². The SMILES string of the molecule is CCCCCCOc1ccc(C2C(C(=O)c3sc(C)nc3C)=C(O)C(=O)N2c2nnc(SCc3ccccc3Cl)s2)cc1OC. The van der Waals surface area contributed by atoms with Gasteiger partial charge in [0.25, 0.3) is 5.91 Å². The van der Waals surface area contributed by atoms with Crippen LogP contribution >= 0.6 is 46.0 Å². The van der Waals surface area contributed by atoms with E-state index in [2.05, 4.69) is 22.1 Å². The molecular weight excluding hydrogens is 652 g/mol. The van der Waals surface area contributed by atoms with E-state index in [-0.39, 0.29) is 10.7 Å². The molecule has 0 spiro atoms. The molecular formula is C32H33ClN4O5S3. The van der Waals surface area contributed by atoms with Gasteiger partial charge in [-0.3, -0.25) is 14.5 Å². The molecule has 236 valence electrons. The lowest BCUT2D eigenvalue weighted by Gasteiger charge is -2.25. The standard InChI is InChI=1S/C32H33ClN4O5S3/c1-5-6-7-10-15-42-23-14-13-20(16-24(23)41-4)26-25(27(38)29-18(2)34-19(3)44-29)28(39)30(40)37(26)31-35-36-32(45-31)43-17-21-11-8-9-12-22(21)33/h8-9,11-14,16,26,39H,5-7,10,15,17H2,1-4H3. The number of halogens is 1. The van der Waals surface area contributed by atoms with E-state index in [9.17, 15) is 14.7 Å². The number of thioether (sulfide) groups is 1. The largest absolute Gasteiger partial charge is 0.503 e. The molecule has 2 aromatic heterocycles. The zero-order valence-electron chi connectivity index (χ0n) is 25.3. The van der Waals surface area contributed by atoms with Gasteiger partial charge in [-0.25, -0.2) is 4.98 Å². The molecule has 45 heavy (non-hydrogen) atoms. The molecule has 5 rings (SSSR count). The van der Waals surface area contributed by atoms with Crippen molar-refractivity contribution in [1.29, 1.82) is 0 Å². The average Bonchev–Trinajstić information content (AvgIpc) is 3.71. The fraction of sp³-hybridized carbons (Fsp3) is 0.344. The quantitative estimate of drug-likeness (QED) is 0.0606. The summed E-state index contributed by atoms with van der Waals surface area (Å²) in [7, 11) is 1.54. The number of unbranched alkanes of at least 4 members (excludes halogenated alkanes) is 3. The molecule has 0 aliphatic carbocycles. The lowest BCUT2D eigenvalue weighted by atomic mass is 9.95. The molecule has 0 radical (unpaired) electrons. The van der Waals surface area contributed by atoms with Crippen LogP contribution in [-0.2, 0) is 10.5 Å². The zero-order chi connectivity index (χ0) is 32.1. The number of amides is 1. The Hall–Kier alpha value is -3.45. The molecule has 13 heteroatoms. The fourth-order valence-electron chi connectivity index (χ4n) is 5.01. The Morgan fingerprint density at radius 2 is 1.89 bits per heavy atom. The van der Waals surface area contributed by atoms with Crippen molar-refractivity contribution < 1.29 is 24.2 Å². The smallest absolute Gasteiger partial charge is 0.296 e. The monoisotopic (exact) mass is 684 g/mol. The predicted octanol–water partition coefficient (Wildman–Crippen LogP) is 8.31. The highest BCUT2D eigenvalue weighted by Crippen LogP contribution is 2.46. The van der Waals surface area contributed by atoms with Gasteiger partial charge in [0.15, 0.2) is 21.6 Å². The van der Waals surface area contributed by atoms with Gasteiger partial charge in [0, 0.05) is 10.8 Å². The number of ether oxygens (including phenoxy) is 2. The topological polar surface area (TPSA) is 115 Å². The molecule has 0 saturated carbocycles. The van der Waals surface area contributed by atoms with Crippen LogP contribution in [0.5, 0.6) is 11.5 Å². The van der Waals surface area contributed by atoms with Crippen molar-refractivity contribution in [1.82, 2.24) is 15.2 Å². The second-order valence-electron chi connectivity index (χ2n) is 10.4. The van der Waals surface area contributed by atoms with Crippen molar-refractivity contribution in [3.05, 3.63) is 85.5 Å². The molecule has 0 fully saturated rings. The number of nitrogens with zero attached hydrogens (tertiary/aromatic N) is 4. The number of hydrogen-bond acceptors (Lipinski definition) is 11. The van der Waals surface area contributed by atoms with Crippen molar-refractivity contribution in [3.8, 4) is 11.5 Å². The third kappa shape index (κ3) is 7.19. The number of aliphatic hydroxyl groups is 1. The maximum absolute atomic E-state index is 14.0. The summed E-state index contributed by atoms with van der Waals surface area (Å²) in [5, 5.41) is 21.5. The first kappa shape index (κ1) is 32.9. The van der Waals surface area contributed by atoms with Crippen LogP contribution in [0.1, 0.15) is 70.1 Å². The van der Waals surface area contributed by atoms with Gasteiger partial charge >= 0.3 is 0 Å². The van der Waals surface area contributed by atoms with Crippen molar-refractivity contribution >= 4 is 62.9 Å². The highest BCUT2D eigenvalue weighted by Gasteiger charge is 2.47. The first-order chi connectivity index (χ1) is 21.7. The second kappa shape index (κ2) is 14.8. The molecule has 0 bridgehead atoms. The van der Waals surface area contributed by atoms with Crippen LogP contribution in [0.2, 0.25) is 5.02 Å². The van der Waals surface area contributed by atoms with E-state index in [4.69, 9.17) is 21.1 Å². The van der Waals surface area contributed by atoms with Gasteiger partial charge in [0.1, 0.15) is 0 Å². The summed E-state index contributed by atoms with van der Waals surface area (Å²) in [6, 6.07) is 11.8. The van der Waals surface area contributed by atoms with Crippen LogP contribution in [0.4, 0.5) is 5.13 Å². The van der Waals surface area contributed by atoms with E-state index < -0.39 is 23.5 Å². The Balaban J connectivity index is 1.50. The molecule has 0 saturated heterocycles. The number of aromatic nitrogens is 3. The summed E-state index contributed by atoms with van der Waals surface area (Å²) in [6.45, 7) is 6.24. The van der Waals surface area contributed by atoms with Crippen molar-refractivity contribution in [2.75, 3.05) is 18.6 Å². The molecule has 3 heterocycles. The Labute approximate surface area is 279 Å². The Kier molecular flexibility index (Phi) is 10.8. The fourth-order valence-corrected chi connectivity index (χ4v) is 8.04. The number of anilines is 1. The number of hydrogen-bond donors (Lipinski definition) is 1. The maximum atomic E-state index is 14.0.